The van der Waals surface area contributed by atoms with Gasteiger partial charge in [0.2, 0.25) is 5.91 Å². The number of hydrogen-bond donors (Lipinski definition) is 0. The van der Waals surface area contributed by atoms with Gasteiger partial charge in [0.15, 0.2) is 0 Å². The van der Waals surface area contributed by atoms with E-state index in [2.05, 4.69) is 44.0 Å². The maximum atomic E-state index is 11.5. The normalized spacial score (nSPS) is 33.0. The zero-order valence-electron chi connectivity index (χ0n) is 9.94. The number of rotatable bonds is 1. The molecule has 0 aromatic carbocycles. The van der Waals surface area contributed by atoms with E-state index in [-0.39, 0.29) is 5.91 Å². The first-order valence-electron chi connectivity index (χ1n) is 5.83. The minimum Gasteiger partial charge on any atom is -0.339 e. The van der Waals surface area contributed by atoms with Crippen molar-refractivity contribution in [2.45, 2.75) is 41.3 Å². The molecular formula is C12H19NOS2. The summed E-state index contributed by atoms with van der Waals surface area (Å²) < 4.78 is 0.386. The molecule has 2 aliphatic heterocycles. The molecule has 1 amide bonds. The molecule has 4 heteroatoms. The van der Waals surface area contributed by atoms with Crippen molar-refractivity contribution in [3.8, 4) is 0 Å². The predicted octanol–water partition coefficient (Wildman–Crippen LogP) is 2.75. The first kappa shape index (κ1) is 12.4. The summed E-state index contributed by atoms with van der Waals surface area (Å²) in [6.45, 7) is 9.97. The Morgan fingerprint density at radius 2 is 1.81 bits per heavy atom. The third kappa shape index (κ3) is 2.28. The molecule has 1 spiro atoms. The highest BCUT2D eigenvalue weighted by Gasteiger charge is 2.45. The second-order valence-corrected chi connectivity index (χ2v) is 8.37. The smallest absolute Gasteiger partial charge is 0.245 e. The molecule has 0 radical (unpaired) electrons. The molecule has 2 saturated heterocycles. The van der Waals surface area contributed by atoms with Crippen LogP contribution >= 0.6 is 23.5 Å². The van der Waals surface area contributed by atoms with Gasteiger partial charge in [-0.2, -0.15) is 0 Å². The number of likely N-dealkylation sites (tertiary alicyclic amines) is 1. The van der Waals surface area contributed by atoms with E-state index in [0.717, 1.165) is 36.4 Å². The molecule has 0 aromatic rings. The fraction of sp³-hybridized carbons (Fsp3) is 0.750. The highest BCUT2D eigenvalue weighted by atomic mass is 32.2. The number of piperidine rings is 1. The molecule has 2 rings (SSSR count). The summed E-state index contributed by atoms with van der Waals surface area (Å²) >= 11 is 4.23. The van der Waals surface area contributed by atoms with E-state index in [1.54, 1.807) is 0 Å². The van der Waals surface area contributed by atoms with Crippen LogP contribution in [0, 0.1) is 0 Å². The number of amides is 1. The summed E-state index contributed by atoms with van der Waals surface area (Å²) in [6, 6.07) is 0. The number of carbonyl (C=O) groups excluding carboxylic acids is 1. The van der Waals surface area contributed by atoms with Crippen molar-refractivity contribution in [2.75, 3.05) is 13.1 Å². The molecule has 0 aliphatic carbocycles. The van der Waals surface area contributed by atoms with Crippen LogP contribution in [-0.4, -0.2) is 38.5 Å². The summed E-state index contributed by atoms with van der Waals surface area (Å²) in [5, 5.41) is 1.48. The van der Waals surface area contributed by atoms with Gasteiger partial charge in [-0.3, -0.25) is 4.79 Å². The SMILES string of the molecule is C=CC(=O)N1CCC2(CC1)SC(C)C(C)S2. The minimum absolute atomic E-state index is 0.0870. The van der Waals surface area contributed by atoms with Crippen molar-refractivity contribution in [3.63, 3.8) is 0 Å². The lowest BCUT2D eigenvalue weighted by molar-refractivity contribution is -0.126. The van der Waals surface area contributed by atoms with Crippen LogP contribution in [0.1, 0.15) is 26.7 Å². The Kier molecular flexibility index (Phi) is 3.59. The summed E-state index contributed by atoms with van der Waals surface area (Å²) in [4.78, 5) is 13.4. The Morgan fingerprint density at radius 3 is 2.25 bits per heavy atom. The Bertz CT molecular complexity index is 285. The van der Waals surface area contributed by atoms with Crippen LogP contribution in [0.3, 0.4) is 0 Å². The molecule has 2 nitrogen and oxygen atoms in total. The van der Waals surface area contributed by atoms with Crippen LogP contribution in [0.4, 0.5) is 0 Å². The summed E-state index contributed by atoms with van der Waals surface area (Å²) in [7, 11) is 0. The molecule has 0 bridgehead atoms. The van der Waals surface area contributed by atoms with Gasteiger partial charge in [-0.15, -0.1) is 23.5 Å². The van der Waals surface area contributed by atoms with Gasteiger partial charge < -0.3 is 4.90 Å². The van der Waals surface area contributed by atoms with E-state index in [9.17, 15) is 4.79 Å². The summed E-state index contributed by atoms with van der Waals surface area (Å²) in [5.74, 6) is 0.0870. The van der Waals surface area contributed by atoms with Crippen LogP contribution in [0.25, 0.3) is 0 Å². The standard InChI is InChI=1S/C12H19NOS2/c1-4-11(14)13-7-5-12(6-8-13)15-9(2)10(3)16-12/h4,9-10H,1,5-8H2,2-3H3. The van der Waals surface area contributed by atoms with Crippen LogP contribution in [-0.2, 0) is 4.79 Å². The fourth-order valence-corrected chi connectivity index (χ4v) is 6.37. The average Bonchev–Trinajstić information content (AvgIpc) is 2.54. The minimum atomic E-state index is 0.0870. The quantitative estimate of drug-likeness (QED) is 0.674. The number of thioether (sulfide) groups is 2. The first-order valence-corrected chi connectivity index (χ1v) is 7.59. The largest absolute Gasteiger partial charge is 0.339 e. The third-order valence-corrected chi connectivity index (χ3v) is 7.46. The monoisotopic (exact) mass is 257 g/mol. The lowest BCUT2D eigenvalue weighted by Gasteiger charge is -2.38. The molecule has 90 valence electrons. The Labute approximate surface area is 106 Å². The van der Waals surface area contributed by atoms with E-state index in [1.807, 2.05) is 4.90 Å². The van der Waals surface area contributed by atoms with E-state index >= 15 is 0 Å². The number of hydrogen-bond acceptors (Lipinski definition) is 3. The lowest BCUT2D eigenvalue weighted by Crippen LogP contribution is -2.42. The Hall–Kier alpha value is -0.0900. The highest BCUT2D eigenvalue weighted by Crippen LogP contribution is 2.57. The molecule has 0 aromatic heterocycles. The zero-order chi connectivity index (χ0) is 11.8. The summed E-state index contributed by atoms with van der Waals surface area (Å²) in [6.07, 6.45) is 3.67. The molecule has 2 aliphatic rings. The van der Waals surface area contributed by atoms with E-state index in [0.29, 0.717) is 4.08 Å². The van der Waals surface area contributed by atoms with Crippen molar-refractivity contribution in [1.29, 1.82) is 0 Å². The second-order valence-electron chi connectivity index (χ2n) is 4.59. The molecule has 2 atom stereocenters. The zero-order valence-corrected chi connectivity index (χ0v) is 11.6. The van der Waals surface area contributed by atoms with Gasteiger partial charge >= 0.3 is 0 Å². The van der Waals surface area contributed by atoms with Crippen molar-refractivity contribution in [1.82, 2.24) is 4.90 Å². The van der Waals surface area contributed by atoms with Crippen molar-refractivity contribution < 1.29 is 4.79 Å². The van der Waals surface area contributed by atoms with E-state index < -0.39 is 0 Å². The predicted molar refractivity (Wildman–Crippen MR) is 72.8 cm³/mol. The van der Waals surface area contributed by atoms with Crippen LogP contribution in [0.5, 0.6) is 0 Å². The number of nitrogens with zero attached hydrogens (tertiary/aromatic N) is 1. The molecule has 2 unspecified atom stereocenters. The highest BCUT2D eigenvalue weighted by molar-refractivity contribution is 8.22. The van der Waals surface area contributed by atoms with Crippen LogP contribution < -0.4 is 0 Å². The summed E-state index contributed by atoms with van der Waals surface area (Å²) in [5.41, 5.74) is 0. The van der Waals surface area contributed by atoms with E-state index in [1.165, 1.54) is 6.08 Å². The fourth-order valence-electron chi connectivity index (χ4n) is 2.33. The van der Waals surface area contributed by atoms with Gasteiger partial charge in [0.05, 0.1) is 4.08 Å². The van der Waals surface area contributed by atoms with Gasteiger partial charge in [-0.05, 0) is 18.9 Å². The molecule has 0 saturated carbocycles. The molecule has 16 heavy (non-hydrogen) atoms. The number of carbonyl (C=O) groups is 1. The molecule has 0 N–H and O–H groups in total. The van der Waals surface area contributed by atoms with Crippen molar-refractivity contribution in [3.05, 3.63) is 12.7 Å². The molecule has 2 fully saturated rings. The second kappa shape index (κ2) is 4.65. The Morgan fingerprint density at radius 1 is 1.31 bits per heavy atom. The maximum absolute atomic E-state index is 11.5. The average molecular weight is 257 g/mol. The van der Waals surface area contributed by atoms with Gasteiger partial charge in [-0.1, -0.05) is 20.4 Å². The molecular weight excluding hydrogens is 238 g/mol. The maximum Gasteiger partial charge on any atom is 0.245 e. The van der Waals surface area contributed by atoms with Gasteiger partial charge in [0.1, 0.15) is 0 Å². The van der Waals surface area contributed by atoms with Gasteiger partial charge in [-0.25, -0.2) is 0 Å². The van der Waals surface area contributed by atoms with Crippen LogP contribution in [0.2, 0.25) is 0 Å². The van der Waals surface area contributed by atoms with Crippen molar-refractivity contribution in [2.24, 2.45) is 0 Å². The van der Waals surface area contributed by atoms with Crippen LogP contribution in [0.15, 0.2) is 12.7 Å². The lowest BCUT2D eigenvalue weighted by atomic mass is 10.1. The first-order chi connectivity index (χ1) is 7.56. The third-order valence-electron chi connectivity index (χ3n) is 3.47. The van der Waals surface area contributed by atoms with Crippen molar-refractivity contribution >= 4 is 29.4 Å². The topological polar surface area (TPSA) is 20.3 Å². The molecule has 2 heterocycles. The van der Waals surface area contributed by atoms with Gasteiger partial charge in [0, 0.05) is 23.6 Å². The van der Waals surface area contributed by atoms with Gasteiger partial charge in [0.25, 0.3) is 0 Å². The Balaban J connectivity index is 1.95. The van der Waals surface area contributed by atoms with E-state index in [4.69, 9.17) is 0 Å².